The molecular formula is C28H34N4O4S2. The van der Waals surface area contributed by atoms with E-state index in [0.717, 1.165) is 40.0 Å². The van der Waals surface area contributed by atoms with Gasteiger partial charge < -0.3 is 10.1 Å². The Morgan fingerprint density at radius 3 is 2.74 bits per heavy atom. The van der Waals surface area contributed by atoms with Crippen LogP contribution in [0.15, 0.2) is 48.0 Å². The van der Waals surface area contributed by atoms with Crippen LogP contribution in [0.3, 0.4) is 0 Å². The molecule has 1 atom stereocenters. The summed E-state index contributed by atoms with van der Waals surface area (Å²) in [7, 11) is -0.449. The second-order valence-electron chi connectivity index (χ2n) is 9.22. The maximum absolute atomic E-state index is 12.7. The van der Waals surface area contributed by atoms with Crippen LogP contribution in [0.4, 0.5) is 0 Å². The van der Waals surface area contributed by atoms with Gasteiger partial charge in [0.15, 0.2) is 0 Å². The van der Waals surface area contributed by atoms with Gasteiger partial charge >= 0.3 is 0 Å². The zero-order valence-corrected chi connectivity index (χ0v) is 23.8. The number of nitriles is 1. The first kappa shape index (κ1) is 29.4. The lowest BCUT2D eigenvalue weighted by atomic mass is 9.85. The lowest BCUT2D eigenvalue weighted by molar-refractivity contribution is -0.120. The number of sulfonamides is 1. The van der Waals surface area contributed by atoms with E-state index < -0.39 is 10.0 Å². The molecule has 2 aromatic rings. The Kier molecular flexibility index (Phi) is 10.1. The van der Waals surface area contributed by atoms with Crippen LogP contribution in [0, 0.1) is 11.3 Å². The first-order chi connectivity index (χ1) is 18.1. The third-order valence-corrected chi connectivity index (χ3v) is 8.60. The first-order valence-electron chi connectivity index (χ1n) is 12.5. The number of carbonyl (C=O) groups excluding carboxylic acids is 1. The molecule has 1 amide bonds. The number of hydrogen-bond acceptors (Lipinski definition) is 7. The van der Waals surface area contributed by atoms with Crippen molar-refractivity contribution in [1.29, 1.82) is 5.26 Å². The Morgan fingerprint density at radius 2 is 2.08 bits per heavy atom. The highest BCUT2D eigenvalue weighted by Gasteiger charge is 2.27. The second-order valence-corrected chi connectivity index (χ2v) is 12.2. The maximum atomic E-state index is 12.7. The Balaban J connectivity index is 1.82. The van der Waals surface area contributed by atoms with E-state index in [9.17, 15) is 18.5 Å². The van der Waals surface area contributed by atoms with Gasteiger partial charge in [0.1, 0.15) is 16.9 Å². The van der Waals surface area contributed by atoms with Crippen LogP contribution in [-0.2, 0) is 21.2 Å². The van der Waals surface area contributed by atoms with E-state index in [1.807, 2.05) is 38.1 Å². The number of amides is 1. The molecular weight excluding hydrogens is 520 g/mol. The van der Waals surface area contributed by atoms with Crippen LogP contribution in [0.2, 0.25) is 0 Å². The van der Waals surface area contributed by atoms with Crippen LogP contribution in [0.5, 0.6) is 5.75 Å². The van der Waals surface area contributed by atoms with Gasteiger partial charge in [-0.2, -0.15) is 5.26 Å². The lowest BCUT2D eigenvalue weighted by Gasteiger charge is -2.28. The number of fused-ring (bicyclic) bond motifs is 1. The van der Waals surface area contributed by atoms with Gasteiger partial charge in [0.2, 0.25) is 15.9 Å². The molecule has 0 heterocycles. The zero-order chi connectivity index (χ0) is 27.9. The number of aliphatic imine (C=N–C) groups is 1. The maximum Gasteiger partial charge on any atom is 0.220 e. The summed E-state index contributed by atoms with van der Waals surface area (Å²) in [5, 5.41) is 12.8. The Labute approximate surface area is 229 Å². The number of carbonyl (C=O) groups is 1. The average Bonchev–Trinajstić information content (AvgIpc) is 2.90. The summed E-state index contributed by atoms with van der Waals surface area (Å²) in [5.41, 5.74) is 4.16. The van der Waals surface area contributed by atoms with E-state index in [4.69, 9.17) is 4.74 Å². The van der Waals surface area contributed by atoms with E-state index in [1.165, 1.54) is 18.8 Å². The Bertz CT molecular complexity index is 1380. The van der Waals surface area contributed by atoms with Crippen molar-refractivity contribution < 1.29 is 17.9 Å². The molecule has 0 bridgehead atoms. The van der Waals surface area contributed by atoms with Gasteiger partial charge in [-0.1, -0.05) is 36.5 Å². The number of ether oxygens (including phenoxy) is 1. The third kappa shape index (κ3) is 7.47. The van der Waals surface area contributed by atoms with Crippen LogP contribution < -0.4 is 14.8 Å². The van der Waals surface area contributed by atoms with Gasteiger partial charge in [-0.15, -0.1) is 0 Å². The minimum Gasteiger partial charge on any atom is -0.490 e. The fourth-order valence-electron chi connectivity index (χ4n) is 4.37. The van der Waals surface area contributed by atoms with Crippen LogP contribution >= 0.6 is 11.8 Å². The minimum atomic E-state index is -3.63. The fraction of sp³-hybridized carbons (Fsp3) is 0.393. The molecule has 0 saturated carbocycles. The molecule has 38 heavy (non-hydrogen) atoms. The van der Waals surface area contributed by atoms with Crippen molar-refractivity contribution in [3.8, 4) is 11.8 Å². The van der Waals surface area contributed by atoms with Crippen molar-refractivity contribution in [2.24, 2.45) is 4.99 Å². The molecule has 0 aliphatic heterocycles. The van der Waals surface area contributed by atoms with Crippen LogP contribution in [-0.4, -0.2) is 45.3 Å². The predicted molar refractivity (Wildman–Crippen MR) is 154 cm³/mol. The van der Waals surface area contributed by atoms with Gasteiger partial charge in [-0.3, -0.25) is 9.79 Å². The standard InChI is InChI=1S/C28H34N4O4S2/c1-18(2)36-26-13-12-20(16-21(26)17-29)28(31-5)37-19(3)22-8-6-10-24-23(22)9-7-11-25(24)32-38(34,35)15-14-27(33)30-4/h6,8,10,12-13,16,18,25,32H,3,7,9,11,14-15H2,1-2,4-5H3,(H,30,33)/b31-28-/t25-/m0/s1. The van der Waals surface area contributed by atoms with Crippen molar-refractivity contribution in [2.75, 3.05) is 19.8 Å². The summed E-state index contributed by atoms with van der Waals surface area (Å²) in [4.78, 5) is 16.8. The summed E-state index contributed by atoms with van der Waals surface area (Å²) in [6, 6.07) is 13.1. The Hall–Kier alpha value is -3.13. The second kappa shape index (κ2) is 13.1. The quantitative estimate of drug-likeness (QED) is 0.328. The number of hydrogen-bond donors (Lipinski definition) is 2. The van der Waals surface area contributed by atoms with Crippen molar-refractivity contribution >= 4 is 37.6 Å². The molecule has 0 spiro atoms. The number of nitrogens with one attached hydrogen (secondary N) is 2. The summed E-state index contributed by atoms with van der Waals surface area (Å²) < 4.78 is 33.9. The minimum absolute atomic E-state index is 0.0465. The largest absolute Gasteiger partial charge is 0.490 e. The van der Waals surface area contributed by atoms with Crippen molar-refractivity contribution in [1.82, 2.24) is 10.0 Å². The van der Waals surface area contributed by atoms with Gasteiger partial charge in [0.05, 0.1) is 17.4 Å². The molecule has 1 aliphatic rings. The molecule has 0 fully saturated rings. The Morgan fingerprint density at radius 1 is 1.32 bits per heavy atom. The summed E-state index contributed by atoms with van der Waals surface area (Å²) in [6.45, 7) is 8.14. The van der Waals surface area contributed by atoms with Crippen LogP contribution in [0.1, 0.15) is 67.0 Å². The average molecular weight is 555 g/mol. The van der Waals surface area contributed by atoms with Gasteiger partial charge in [0.25, 0.3) is 0 Å². The van der Waals surface area contributed by atoms with Crippen molar-refractivity contribution in [3.63, 3.8) is 0 Å². The predicted octanol–water partition coefficient (Wildman–Crippen LogP) is 4.56. The molecule has 8 nitrogen and oxygen atoms in total. The highest BCUT2D eigenvalue weighted by Crippen LogP contribution is 2.39. The summed E-state index contributed by atoms with van der Waals surface area (Å²) in [6.07, 6.45) is 2.17. The van der Waals surface area contributed by atoms with E-state index in [-0.39, 0.29) is 30.2 Å². The fourth-order valence-corrected chi connectivity index (χ4v) is 6.49. The zero-order valence-electron chi connectivity index (χ0n) is 22.2. The number of nitrogens with zero attached hydrogens (tertiary/aromatic N) is 2. The number of rotatable bonds is 10. The van der Waals surface area contributed by atoms with Crippen LogP contribution in [0.25, 0.3) is 4.91 Å². The molecule has 1 aliphatic carbocycles. The van der Waals surface area contributed by atoms with E-state index >= 15 is 0 Å². The van der Waals surface area contributed by atoms with E-state index in [2.05, 4.69) is 27.7 Å². The smallest absolute Gasteiger partial charge is 0.220 e. The normalized spacial score (nSPS) is 15.5. The topological polar surface area (TPSA) is 121 Å². The number of thioether (sulfide) groups is 1. The third-order valence-electron chi connectivity index (χ3n) is 6.14. The highest BCUT2D eigenvalue weighted by atomic mass is 32.2. The van der Waals surface area contributed by atoms with E-state index in [0.29, 0.717) is 22.8 Å². The molecule has 0 saturated heterocycles. The number of benzene rings is 2. The molecule has 0 radical (unpaired) electrons. The van der Waals surface area contributed by atoms with Crippen molar-refractivity contribution in [3.05, 3.63) is 70.8 Å². The van der Waals surface area contributed by atoms with E-state index in [1.54, 1.807) is 19.2 Å². The van der Waals surface area contributed by atoms with Gasteiger partial charge in [0, 0.05) is 37.0 Å². The molecule has 2 N–H and O–H groups in total. The first-order valence-corrected chi connectivity index (χ1v) is 14.9. The molecule has 10 heteroatoms. The highest BCUT2D eigenvalue weighted by molar-refractivity contribution is 8.22. The molecule has 0 aromatic heterocycles. The van der Waals surface area contributed by atoms with Gasteiger partial charge in [-0.25, -0.2) is 13.1 Å². The lowest BCUT2D eigenvalue weighted by Crippen LogP contribution is -2.34. The molecule has 2 aromatic carbocycles. The monoisotopic (exact) mass is 554 g/mol. The molecule has 202 valence electrons. The van der Waals surface area contributed by atoms with Gasteiger partial charge in [-0.05, 0) is 68.0 Å². The van der Waals surface area contributed by atoms with Crippen molar-refractivity contribution in [2.45, 2.75) is 51.7 Å². The molecule has 3 rings (SSSR count). The molecule has 0 unspecified atom stereocenters. The summed E-state index contributed by atoms with van der Waals surface area (Å²) in [5.74, 6) is -0.0400. The summed E-state index contributed by atoms with van der Waals surface area (Å²) >= 11 is 1.41. The SMILES string of the molecule is C=C(S/C(=N\C)c1ccc(OC(C)C)c(C#N)c1)c1cccc2c1CCC[C@@H]2NS(=O)(=O)CCC(=O)NC.